The van der Waals surface area contributed by atoms with Gasteiger partial charge in [-0.15, -0.1) is 0 Å². The Kier molecular flexibility index (Phi) is 4.96. The molecular formula is C14H22N2O2. The normalized spacial score (nSPS) is 20.9. The second-order valence-electron chi connectivity index (χ2n) is 4.71. The molecule has 0 saturated carbocycles. The number of rotatable bonds is 6. The first-order valence-corrected chi connectivity index (χ1v) is 6.73. The van der Waals surface area contributed by atoms with Crippen molar-refractivity contribution in [2.45, 2.75) is 38.8 Å². The Morgan fingerprint density at radius 2 is 2.50 bits per heavy atom. The highest BCUT2D eigenvalue weighted by Crippen LogP contribution is 2.19. The van der Waals surface area contributed by atoms with E-state index in [0.29, 0.717) is 18.5 Å². The molecule has 18 heavy (non-hydrogen) atoms. The lowest BCUT2D eigenvalue weighted by Gasteiger charge is -2.16. The Morgan fingerprint density at radius 3 is 3.22 bits per heavy atom. The Hall–Kier alpha value is -1.13. The van der Waals surface area contributed by atoms with Gasteiger partial charge in [-0.05, 0) is 31.5 Å². The lowest BCUT2D eigenvalue weighted by Crippen LogP contribution is -2.20. The molecule has 1 aromatic rings. The zero-order valence-corrected chi connectivity index (χ0v) is 11.2. The first-order valence-electron chi connectivity index (χ1n) is 6.73. The summed E-state index contributed by atoms with van der Waals surface area (Å²) in [6.45, 7) is 6.82. The fourth-order valence-corrected chi connectivity index (χ4v) is 2.01. The van der Waals surface area contributed by atoms with Crippen LogP contribution in [0.3, 0.4) is 0 Å². The van der Waals surface area contributed by atoms with Crippen LogP contribution in [0.2, 0.25) is 0 Å². The van der Waals surface area contributed by atoms with Crippen molar-refractivity contribution in [2.75, 3.05) is 19.8 Å². The van der Waals surface area contributed by atoms with Crippen LogP contribution in [-0.2, 0) is 4.74 Å². The summed E-state index contributed by atoms with van der Waals surface area (Å²) in [6.07, 6.45) is 4.06. The maximum absolute atomic E-state index is 5.81. The molecule has 1 fully saturated rings. The molecule has 2 rings (SSSR count). The van der Waals surface area contributed by atoms with Crippen LogP contribution in [0.15, 0.2) is 18.3 Å². The van der Waals surface area contributed by atoms with Gasteiger partial charge < -0.3 is 14.8 Å². The van der Waals surface area contributed by atoms with E-state index in [1.165, 1.54) is 5.56 Å². The SMILES string of the molecule is CCCNC(C)c1ccnc(OC2CCOC2)c1. The van der Waals surface area contributed by atoms with Crippen LogP contribution < -0.4 is 10.1 Å². The lowest BCUT2D eigenvalue weighted by molar-refractivity contribution is 0.138. The van der Waals surface area contributed by atoms with Crippen LogP contribution in [0.25, 0.3) is 0 Å². The summed E-state index contributed by atoms with van der Waals surface area (Å²) in [7, 11) is 0. The maximum Gasteiger partial charge on any atom is 0.213 e. The third-order valence-corrected chi connectivity index (χ3v) is 3.13. The number of hydrogen-bond acceptors (Lipinski definition) is 4. The number of nitrogens with zero attached hydrogens (tertiary/aromatic N) is 1. The molecule has 2 atom stereocenters. The van der Waals surface area contributed by atoms with Gasteiger partial charge in [0.05, 0.1) is 13.2 Å². The zero-order chi connectivity index (χ0) is 12.8. The van der Waals surface area contributed by atoms with Crippen LogP contribution in [0.4, 0.5) is 0 Å². The quantitative estimate of drug-likeness (QED) is 0.841. The Labute approximate surface area is 109 Å². The second kappa shape index (κ2) is 6.71. The molecule has 1 aromatic heterocycles. The topological polar surface area (TPSA) is 43.4 Å². The summed E-state index contributed by atoms with van der Waals surface area (Å²) in [5.41, 5.74) is 1.22. The second-order valence-corrected chi connectivity index (χ2v) is 4.71. The molecule has 1 N–H and O–H groups in total. The van der Waals surface area contributed by atoms with Gasteiger partial charge in [0, 0.05) is 24.7 Å². The predicted molar refractivity (Wildman–Crippen MR) is 70.8 cm³/mol. The summed E-state index contributed by atoms with van der Waals surface area (Å²) >= 11 is 0. The summed E-state index contributed by atoms with van der Waals surface area (Å²) in [4.78, 5) is 4.26. The third kappa shape index (κ3) is 3.68. The molecule has 4 heteroatoms. The standard InChI is InChI=1S/C14H22N2O2/c1-3-6-15-11(2)12-4-7-16-14(9-12)18-13-5-8-17-10-13/h4,7,9,11,13,15H,3,5-6,8,10H2,1-2H3. The molecule has 2 unspecified atom stereocenters. The summed E-state index contributed by atoms with van der Waals surface area (Å²) in [5.74, 6) is 0.702. The number of pyridine rings is 1. The minimum absolute atomic E-state index is 0.159. The molecule has 0 aliphatic carbocycles. The number of ether oxygens (including phenoxy) is 2. The molecule has 0 radical (unpaired) electrons. The van der Waals surface area contributed by atoms with Gasteiger partial charge >= 0.3 is 0 Å². The van der Waals surface area contributed by atoms with Crippen LogP contribution >= 0.6 is 0 Å². The number of nitrogens with one attached hydrogen (secondary N) is 1. The van der Waals surface area contributed by atoms with E-state index in [0.717, 1.165) is 26.0 Å². The van der Waals surface area contributed by atoms with E-state index in [-0.39, 0.29) is 6.10 Å². The Bertz CT molecular complexity index is 365. The minimum Gasteiger partial charge on any atom is -0.472 e. The smallest absolute Gasteiger partial charge is 0.213 e. The third-order valence-electron chi connectivity index (χ3n) is 3.13. The molecule has 0 spiro atoms. The van der Waals surface area contributed by atoms with Gasteiger partial charge in [-0.25, -0.2) is 4.98 Å². The molecule has 2 heterocycles. The summed E-state index contributed by atoms with van der Waals surface area (Å²) in [6, 6.07) is 4.38. The average molecular weight is 250 g/mol. The highest BCUT2D eigenvalue weighted by molar-refractivity contribution is 5.23. The van der Waals surface area contributed by atoms with Crippen LogP contribution in [-0.4, -0.2) is 30.8 Å². The first-order chi connectivity index (χ1) is 8.79. The fourth-order valence-electron chi connectivity index (χ4n) is 2.01. The van der Waals surface area contributed by atoms with Gasteiger partial charge in [-0.1, -0.05) is 6.92 Å². The van der Waals surface area contributed by atoms with Gasteiger partial charge in [0.25, 0.3) is 0 Å². The maximum atomic E-state index is 5.81. The number of aromatic nitrogens is 1. The number of hydrogen-bond donors (Lipinski definition) is 1. The average Bonchev–Trinajstić information content (AvgIpc) is 2.89. The molecule has 1 aliphatic rings. The molecular weight excluding hydrogens is 228 g/mol. The van der Waals surface area contributed by atoms with Crippen LogP contribution in [0, 0.1) is 0 Å². The van der Waals surface area contributed by atoms with E-state index < -0.39 is 0 Å². The molecule has 0 amide bonds. The molecule has 0 aromatic carbocycles. The van der Waals surface area contributed by atoms with Crippen LogP contribution in [0.5, 0.6) is 5.88 Å². The fraction of sp³-hybridized carbons (Fsp3) is 0.643. The van der Waals surface area contributed by atoms with Crippen molar-refractivity contribution in [3.63, 3.8) is 0 Å². The molecule has 0 bridgehead atoms. The van der Waals surface area contributed by atoms with Gasteiger partial charge in [0.1, 0.15) is 6.10 Å². The first kappa shape index (κ1) is 13.3. The van der Waals surface area contributed by atoms with Crippen molar-refractivity contribution < 1.29 is 9.47 Å². The van der Waals surface area contributed by atoms with Crippen molar-refractivity contribution >= 4 is 0 Å². The van der Waals surface area contributed by atoms with E-state index in [9.17, 15) is 0 Å². The molecule has 100 valence electrons. The van der Waals surface area contributed by atoms with E-state index in [4.69, 9.17) is 9.47 Å². The highest BCUT2D eigenvalue weighted by Gasteiger charge is 2.18. The predicted octanol–water partition coefficient (Wildman–Crippen LogP) is 2.31. The van der Waals surface area contributed by atoms with Crippen molar-refractivity contribution in [3.8, 4) is 5.88 Å². The van der Waals surface area contributed by atoms with Gasteiger partial charge in [-0.2, -0.15) is 0 Å². The van der Waals surface area contributed by atoms with Crippen molar-refractivity contribution in [3.05, 3.63) is 23.9 Å². The van der Waals surface area contributed by atoms with E-state index in [1.54, 1.807) is 0 Å². The monoisotopic (exact) mass is 250 g/mol. The lowest BCUT2D eigenvalue weighted by atomic mass is 10.1. The largest absolute Gasteiger partial charge is 0.472 e. The van der Waals surface area contributed by atoms with E-state index in [2.05, 4.69) is 24.1 Å². The Morgan fingerprint density at radius 1 is 1.61 bits per heavy atom. The summed E-state index contributed by atoms with van der Waals surface area (Å²) in [5, 5.41) is 3.46. The summed E-state index contributed by atoms with van der Waals surface area (Å²) < 4.78 is 11.1. The van der Waals surface area contributed by atoms with Gasteiger partial charge in [-0.3, -0.25) is 0 Å². The van der Waals surface area contributed by atoms with E-state index >= 15 is 0 Å². The van der Waals surface area contributed by atoms with Crippen molar-refractivity contribution in [2.24, 2.45) is 0 Å². The minimum atomic E-state index is 0.159. The van der Waals surface area contributed by atoms with Crippen LogP contribution in [0.1, 0.15) is 38.3 Å². The molecule has 4 nitrogen and oxygen atoms in total. The van der Waals surface area contributed by atoms with Gasteiger partial charge in [0.2, 0.25) is 5.88 Å². The molecule has 1 saturated heterocycles. The molecule has 1 aliphatic heterocycles. The van der Waals surface area contributed by atoms with Crippen molar-refractivity contribution in [1.82, 2.24) is 10.3 Å². The highest BCUT2D eigenvalue weighted by atomic mass is 16.5. The van der Waals surface area contributed by atoms with Gasteiger partial charge in [0.15, 0.2) is 0 Å². The van der Waals surface area contributed by atoms with E-state index in [1.807, 2.05) is 18.3 Å². The van der Waals surface area contributed by atoms with Crippen molar-refractivity contribution in [1.29, 1.82) is 0 Å². The zero-order valence-electron chi connectivity index (χ0n) is 11.2. The Balaban J connectivity index is 1.95.